The third kappa shape index (κ3) is 6.19. The Bertz CT molecular complexity index is 867. The Balaban J connectivity index is 1.87. The maximum Gasteiger partial charge on any atom is 0.340 e. The molecule has 2 heterocycles. The first-order valence-electron chi connectivity index (χ1n) is 8.57. The summed E-state index contributed by atoms with van der Waals surface area (Å²) in [5, 5.41) is 2.74. The molecule has 10 nitrogen and oxygen atoms in total. The Kier molecular flexibility index (Phi) is 6.27. The summed E-state index contributed by atoms with van der Waals surface area (Å²) >= 11 is 0. The number of nitrogens with one attached hydrogen (secondary N) is 1. The molecule has 2 rings (SSSR count). The molecule has 154 valence electrons. The van der Waals surface area contributed by atoms with Crippen LogP contribution < -0.4 is 5.32 Å². The average molecular weight is 412 g/mol. The number of sulfonamides is 1. The zero-order valence-corrected chi connectivity index (χ0v) is 17.1. The van der Waals surface area contributed by atoms with Crippen LogP contribution in [0.15, 0.2) is 28.3 Å². The summed E-state index contributed by atoms with van der Waals surface area (Å²) in [6, 6.07) is 0. The molecule has 0 fully saturated rings. The second kappa shape index (κ2) is 8.13. The van der Waals surface area contributed by atoms with Gasteiger partial charge in [-0.05, 0) is 32.9 Å². The van der Waals surface area contributed by atoms with Crippen LogP contribution in [0.3, 0.4) is 0 Å². The molecule has 0 bridgehead atoms. The number of amides is 2. The van der Waals surface area contributed by atoms with Crippen molar-refractivity contribution < 1.29 is 27.5 Å². The lowest BCUT2D eigenvalue weighted by molar-refractivity contribution is -0.148. The van der Waals surface area contributed by atoms with Crippen molar-refractivity contribution >= 4 is 33.6 Å². The molecule has 28 heavy (non-hydrogen) atoms. The molecule has 0 spiro atoms. The van der Waals surface area contributed by atoms with Crippen LogP contribution in [-0.4, -0.2) is 79.9 Å². The van der Waals surface area contributed by atoms with E-state index >= 15 is 0 Å². The Morgan fingerprint density at radius 3 is 2.61 bits per heavy atom. The highest BCUT2D eigenvalue weighted by Crippen LogP contribution is 2.16. The summed E-state index contributed by atoms with van der Waals surface area (Å²) in [6.07, 6.45) is 4.21. The minimum Gasteiger partial charge on any atom is -0.452 e. The molecular weight excluding hydrogens is 388 g/mol. The molecule has 0 radical (unpaired) electrons. The molecular formula is C17H24N4O6S. The van der Waals surface area contributed by atoms with Gasteiger partial charge in [0, 0.05) is 25.3 Å². The second-order valence-electron chi connectivity index (χ2n) is 7.47. The van der Waals surface area contributed by atoms with Crippen LogP contribution in [0.1, 0.15) is 20.8 Å². The zero-order chi connectivity index (χ0) is 21.1. The number of hydrogen-bond acceptors (Lipinski definition) is 7. The van der Waals surface area contributed by atoms with Crippen LogP contribution in [0.25, 0.3) is 0 Å². The normalized spacial score (nSPS) is 17.8. The number of nitrogens with zero attached hydrogens (tertiary/aromatic N) is 3. The van der Waals surface area contributed by atoms with E-state index in [0.717, 1.165) is 0 Å². The highest BCUT2D eigenvalue weighted by Gasteiger charge is 2.26. The van der Waals surface area contributed by atoms with Gasteiger partial charge >= 0.3 is 5.97 Å². The SMILES string of the molecule is CN(CC(=O)NC(C)(C)C)C(=O)COC(=O)C1=CN2CCS(=O)(=O)N=C2C=C1. The fourth-order valence-electron chi connectivity index (χ4n) is 2.40. The molecule has 2 aliphatic rings. The monoisotopic (exact) mass is 412 g/mol. The summed E-state index contributed by atoms with van der Waals surface area (Å²) in [5.74, 6) is -1.50. The van der Waals surface area contributed by atoms with Gasteiger partial charge in [-0.1, -0.05) is 0 Å². The van der Waals surface area contributed by atoms with Gasteiger partial charge in [-0.2, -0.15) is 0 Å². The highest BCUT2D eigenvalue weighted by molar-refractivity contribution is 7.90. The third-order valence-corrected chi connectivity index (χ3v) is 4.87. The molecule has 2 amide bonds. The van der Waals surface area contributed by atoms with Gasteiger partial charge < -0.3 is 19.9 Å². The van der Waals surface area contributed by atoms with Crippen molar-refractivity contribution in [2.24, 2.45) is 4.40 Å². The Hall–Kier alpha value is -2.69. The largest absolute Gasteiger partial charge is 0.452 e. The topological polar surface area (TPSA) is 125 Å². The van der Waals surface area contributed by atoms with Crippen molar-refractivity contribution in [1.82, 2.24) is 15.1 Å². The molecule has 1 N–H and O–H groups in total. The minimum atomic E-state index is -3.48. The van der Waals surface area contributed by atoms with Crippen molar-refractivity contribution in [3.05, 3.63) is 23.9 Å². The fraction of sp³-hybridized carbons (Fsp3) is 0.529. The minimum absolute atomic E-state index is 0.150. The van der Waals surface area contributed by atoms with E-state index in [2.05, 4.69) is 9.71 Å². The predicted octanol–water partition coefficient (Wildman–Crippen LogP) is -0.600. The van der Waals surface area contributed by atoms with Gasteiger partial charge in [0.05, 0.1) is 17.9 Å². The lowest BCUT2D eigenvalue weighted by Gasteiger charge is -2.26. The van der Waals surface area contributed by atoms with Gasteiger partial charge in [-0.3, -0.25) is 9.59 Å². The standard InChI is InChI=1S/C17H24N4O6S/c1-17(2,3)18-14(22)10-20(4)15(23)11-27-16(24)12-5-6-13-19-28(25,26)8-7-21(13)9-12/h5-6,9H,7-8,10-11H2,1-4H3,(H,18,22). The van der Waals surface area contributed by atoms with Crippen molar-refractivity contribution in [3.63, 3.8) is 0 Å². The number of esters is 1. The first-order valence-corrected chi connectivity index (χ1v) is 10.2. The zero-order valence-electron chi connectivity index (χ0n) is 16.3. The molecule has 0 aromatic carbocycles. The number of likely N-dealkylation sites (N-methyl/N-ethyl adjacent to an activating group) is 1. The van der Waals surface area contributed by atoms with Gasteiger partial charge in [0.1, 0.15) is 5.84 Å². The van der Waals surface area contributed by atoms with Crippen LogP contribution in [0.4, 0.5) is 0 Å². The van der Waals surface area contributed by atoms with Crippen molar-refractivity contribution in [2.75, 3.05) is 32.5 Å². The van der Waals surface area contributed by atoms with Crippen LogP contribution in [-0.2, 0) is 29.1 Å². The number of carbonyl (C=O) groups is 3. The Labute approximate surface area is 164 Å². The number of amidine groups is 1. The van der Waals surface area contributed by atoms with Gasteiger partial charge in [0.15, 0.2) is 6.61 Å². The van der Waals surface area contributed by atoms with Crippen molar-refractivity contribution in [3.8, 4) is 0 Å². The lowest BCUT2D eigenvalue weighted by Crippen LogP contribution is -2.47. The van der Waals surface area contributed by atoms with E-state index in [1.807, 2.05) is 20.8 Å². The Morgan fingerprint density at radius 1 is 1.29 bits per heavy atom. The second-order valence-corrected chi connectivity index (χ2v) is 9.23. The average Bonchev–Trinajstić information content (AvgIpc) is 2.56. The molecule has 0 aliphatic carbocycles. The first-order chi connectivity index (χ1) is 12.9. The van der Waals surface area contributed by atoms with Crippen LogP contribution in [0.5, 0.6) is 0 Å². The third-order valence-electron chi connectivity index (χ3n) is 3.71. The number of rotatable bonds is 5. The maximum absolute atomic E-state index is 12.2. The quantitative estimate of drug-likeness (QED) is 0.598. The summed E-state index contributed by atoms with van der Waals surface area (Å²) in [7, 11) is -2.04. The summed E-state index contributed by atoms with van der Waals surface area (Å²) in [6.45, 7) is 4.99. The number of ether oxygens (including phenoxy) is 1. The first kappa shape index (κ1) is 21.6. The van der Waals surface area contributed by atoms with E-state index < -0.39 is 34.0 Å². The molecule has 2 aliphatic heterocycles. The van der Waals surface area contributed by atoms with E-state index in [0.29, 0.717) is 0 Å². The van der Waals surface area contributed by atoms with Crippen LogP contribution >= 0.6 is 0 Å². The van der Waals surface area contributed by atoms with E-state index in [-0.39, 0.29) is 36.2 Å². The van der Waals surface area contributed by atoms with E-state index in [9.17, 15) is 22.8 Å². The Morgan fingerprint density at radius 2 is 1.96 bits per heavy atom. The van der Waals surface area contributed by atoms with E-state index in [1.54, 1.807) is 0 Å². The predicted molar refractivity (Wildman–Crippen MR) is 102 cm³/mol. The van der Waals surface area contributed by atoms with Crippen LogP contribution in [0, 0.1) is 0 Å². The molecule has 0 atom stereocenters. The summed E-state index contributed by atoms with van der Waals surface area (Å²) in [5.41, 5.74) is -0.248. The van der Waals surface area contributed by atoms with Gasteiger partial charge in [-0.15, -0.1) is 4.40 Å². The van der Waals surface area contributed by atoms with Crippen molar-refractivity contribution in [2.45, 2.75) is 26.3 Å². The molecule has 0 saturated heterocycles. The summed E-state index contributed by atoms with van der Waals surface area (Å²) in [4.78, 5) is 38.8. The summed E-state index contributed by atoms with van der Waals surface area (Å²) < 4.78 is 31.6. The molecule has 0 saturated carbocycles. The molecule has 0 aromatic heterocycles. The lowest BCUT2D eigenvalue weighted by atomic mass is 10.1. The van der Waals surface area contributed by atoms with Crippen molar-refractivity contribution in [1.29, 1.82) is 0 Å². The molecule has 11 heteroatoms. The van der Waals surface area contributed by atoms with Gasteiger partial charge in [-0.25, -0.2) is 13.2 Å². The smallest absolute Gasteiger partial charge is 0.340 e. The number of carbonyl (C=O) groups excluding carboxylic acids is 3. The number of hydrogen-bond donors (Lipinski definition) is 1. The molecule has 0 unspecified atom stereocenters. The molecule has 0 aromatic rings. The fourth-order valence-corrected chi connectivity index (χ4v) is 3.37. The van der Waals surface area contributed by atoms with E-state index in [4.69, 9.17) is 4.74 Å². The highest BCUT2D eigenvalue weighted by atomic mass is 32.2. The van der Waals surface area contributed by atoms with Gasteiger partial charge in [0.2, 0.25) is 5.91 Å². The van der Waals surface area contributed by atoms with Gasteiger partial charge in [0.25, 0.3) is 15.9 Å². The van der Waals surface area contributed by atoms with Crippen LogP contribution in [0.2, 0.25) is 0 Å². The number of fused-ring (bicyclic) bond motifs is 1. The maximum atomic E-state index is 12.2. The van der Waals surface area contributed by atoms with E-state index in [1.165, 1.54) is 35.2 Å².